The average molecular weight is 373 g/mol. The fraction of sp³-hybridized carbons (Fsp3) is 0.333. The lowest BCUT2D eigenvalue weighted by Gasteiger charge is -2.14. The van der Waals surface area contributed by atoms with E-state index in [0.717, 1.165) is 48.7 Å². The van der Waals surface area contributed by atoms with Gasteiger partial charge < -0.3 is 15.0 Å². The van der Waals surface area contributed by atoms with E-state index in [0.29, 0.717) is 10.8 Å². The molecule has 1 aromatic heterocycles. The highest BCUT2D eigenvalue weighted by Crippen LogP contribution is 2.20. The molecule has 0 saturated carbocycles. The molecule has 7 nitrogen and oxygen atoms in total. The number of carbonyl (C=O) groups excluding carboxylic acids is 2. The van der Waals surface area contributed by atoms with Crippen LogP contribution in [-0.2, 0) is 22.4 Å². The minimum absolute atomic E-state index is 0.0667. The van der Waals surface area contributed by atoms with Gasteiger partial charge in [0, 0.05) is 5.56 Å². The van der Waals surface area contributed by atoms with E-state index in [4.69, 9.17) is 4.74 Å². The molecule has 8 heteroatoms. The van der Waals surface area contributed by atoms with E-state index in [2.05, 4.69) is 15.3 Å². The number of fused-ring (bicyclic) bond motifs is 1. The van der Waals surface area contributed by atoms with Crippen molar-refractivity contribution in [3.05, 3.63) is 51.4 Å². The molecule has 1 aliphatic rings. The molecule has 1 amide bonds. The van der Waals surface area contributed by atoms with Gasteiger partial charge in [-0.05, 0) is 37.8 Å². The second-order valence-electron chi connectivity index (χ2n) is 5.88. The number of benzene rings is 1. The number of aromatic amines is 1. The summed E-state index contributed by atoms with van der Waals surface area (Å²) in [5, 5.41) is 3.13. The number of methoxy groups -OCH3 is 1. The molecule has 2 aromatic rings. The van der Waals surface area contributed by atoms with Crippen molar-refractivity contribution in [2.75, 3.05) is 18.2 Å². The van der Waals surface area contributed by atoms with Crippen molar-refractivity contribution in [1.29, 1.82) is 0 Å². The molecule has 136 valence electrons. The number of amides is 1. The summed E-state index contributed by atoms with van der Waals surface area (Å²) in [6.45, 7) is 0. The van der Waals surface area contributed by atoms with Crippen LogP contribution in [0.2, 0.25) is 0 Å². The SMILES string of the molecule is COC(=O)c1ccccc1NC(=O)CSc1nc2c(c(=O)[nH]1)CCCC2. The fourth-order valence-corrected chi connectivity index (χ4v) is 3.53. The van der Waals surface area contributed by atoms with Crippen LogP contribution < -0.4 is 10.9 Å². The summed E-state index contributed by atoms with van der Waals surface area (Å²) in [4.78, 5) is 43.3. The summed E-state index contributed by atoms with van der Waals surface area (Å²) in [7, 11) is 1.29. The first kappa shape index (κ1) is 18.2. The summed E-state index contributed by atoms with van der Waals surface area (Å²) >= 11 is 1.16. The number of aromatic nitrogens is 2. The van der Waals surface area contributed by atoms with Crippen molar-refractivity contribution in [2.24, 2.45) is 0 Å². The summed E-state index contributed by atoms with van der Waals surface area (Å²) in [5.41, 5.74) is 2.15. The second-order valence-corrected chi connectivity index (χ2v) is 6.84. The molecule has 0 atom stereocenters. The van der Waals surface area contributed by atoms with Crippen LogP contribution in [0.5, 0.6) is 0 Å². The Morgan fingerprint density at radius 3 is 2.85 bits per heavy atom. The number of carbonyl (C=O) groups is 2. The lowest BCUT2D eigenvalue weighted by Crippen LogP contribution is -2.22. The average Bonchev–Trinajstić information content (AvgIpc) is 2.66. The lowest BCUT2D eigenvalue weighted by molar-refractivity contribution is -0.113. The predicted molar refractivity (Wildman–Crippen MR) is 98.6 cm³/mol. The number of ether oxygens (including phenoxy) is 1. The highest BCUT2D eigenvalue weighted by molar-refractivity contribution is 7.99. The van der Waals surface area contributed by atoms with Crippen LogP contribution in [0.1, 0.15) is 34.5 Å². The third-order valence-electron chi connectivity index (χ3n) is 4.12. The van der Waals surface area contributed by atoms with Gasteiger partial charge in [-0.15, -0.1) is 0 Å². The van der Waals surface area contributed by atoms with Crippen LogP contribution in [0.4, 0.5) is 5.69 Å². The monoisotopic (exact) mass is 373 g/mol. The van der Waals surface area contributed by atoms with E-state index in [9.17, 15) is 14.4 Å². The maximum Gasteiger partial charge on any atom is 0.339 e. The molecule has 1 aliphatic carbocycles. The lowest BCUT2D eigenvalue weighted by atomic mass is 9.97. The molecule has 0 spiro atoms. The van der Waals surface area contributed by atoms with Crippen molar-refractivity contribution >= 4 is 29.3 Å². The number of para-hydroxylation sites is 1. The van der Waals surface area contributed by atoms with Gasteiger partial charge in [0.25, 0.3) is 5.56 Å². The summed E-state index contributed by atoms with van der Waals surface area (Å²) in [6, 6.07) is 6.63. The van der Waals surface area contributed by atoms with Gasteiger partial charge in [0.1, 0.15) is 0 Å². The van der Waals surface area contributed by atoms with Crippen molar-refractivity contribution in [3.63, 3.8) is 0 Å². The van der Waals surface area contributed by atoms with E-state index in [-0.39, 0.29) is 22.8 Å². The zero-order valence-corrected chi connectivity index (χ0v) is 15.1. The Morgan fingerprint density at radius 2 is 2.04 bits per heavy atom. The van der Waals surface area contributed by atoms with E-state index >= 15 is 0 Å². The topological polar surface area (TPSA) is 101 Å². The number of esters is 1. The molecule has 0 radical (unpaired) electrons. The number of aryl methyl sites for hydroxylation is 1. The number of hydrogen-bond donors (Lipinski definition) is 2. The summed E-state index contributed by atoms with van der Waals surface area (Å²) in [6.07, 6.45) is 3.59. The molecular formula is C18H19N3O4S. The molecule has 26 heavy (non-hydrogen) atoms. The Balaban J connectivity index is 1.66. The van der Waals surface area contributed by atoms with E-state index in [1.165, 1.54) is 7.11 Å². The second kappa shape index (κ2) is 8.18. The number of nitrogens with zero attached hydrogens (tertiary/aromatic N) is 1. The van der Waals surface area contributed by atoms with Gasteiger partial charge in [-0.25, -0.2) is 9.78 Å². The third-order valence-corrected chi connectivity index (χ3v) is 4.99. The zero-order chi connectivity index (χ0) is 18.5. The Kier molecular flexibility index (Phi) is 5.72. The molecule has 0 unspecified atom stereocenters. The maximum absolute atomic E-state index is 12.2. The minimum atomic E-state index is -0.519. The minimum Gasteiger partial charge on any atom is -0.465 e. The fourth-order valence-electron chi connectivity index (χ4n) is 2.85. The van der Waals surface area contributed by atoms with Crippen molar-refractivity contribution in [3.8, 4) is 0 Å². The van der Waals surface area contributed by atoms with Gasteiger partial charge in [-0.2, -0.15) is 0 Å². The number of H-pyrrole nitrogens is 1. The Hall–Kier alpha value is -2.61. The third kappa shape index (κ3) is 4.13. The molecule has 0 saturated heterocycles. The van der Waals surface area contributed by atoms with Crippen molar-refractivity contribution in [2.45, 2.75) is 30.8 Å². The van der Waals surface area contributed by atoms with Gasteiger partial charge in [0.15, 0.2) is 5.16 Å². The highest BCUT2D eigenvalue weighted by Gasteiger charge is 2.17. The van der Waals surface area contributed by atoms with Crippen LogP contribution in [0.15, 0.2) is 34.2 Å². The molecule has 1 aromatic carbocycles. The van der Waals surface area contributed by atoms with Crippen LogP contribution >= 0.6 is 11.8 Å². The first-order chi connectivity index (χ1) is 12.6. The Bertz CT molecular complexity index is 894. The Morgan fingerprint density at radius 1 is 1.27 bits per heavy atom. The summed E-state index contributed by atoms with van der Waals surface area (Å²) in [5.74, 6) is -0.752. The zero-order valence-electron chi connectivity index (χ0n) is 14.3. The predicted octanol–water partition coefficient (Wildman–Crippen LogP) is 2.17. The van der Waals surface area contributed by atoms with E-state index in [1.54, 1.807) is 24.3 Å². The van der Waals surface area contributed by atoms with Gasteiger partial charge in [-0.1, -0.05) is 23.9 Å². The number of thioether (sulfide) groups is 1. The van der Waals surface area contributed by atoms with Crippen LogP contribution in [0, 0.1) is 0 Å². The van der Waals surface area contributed by atoms with E-state index < -0.39 is 5.97 Å². The number of nitrogens with one attached hydrogen (secondary N) is 2. The highest BCUT2D eigenvalue weighted by atomic mass is 32.2. The van der Waals surface area contributed by atoms with Gasteiger partial charge in [0.05, 0.1) is 29.8 Å². The first-order valence-electron chi connectivity index (χ1n) is 8.30. The molecule has 1 heterocycles. The van der Waals surface area contributed by atoms with Crippen molar-refractivity contribution in [1.82, 2.24) is 9.97 Å². The standard InChI is InChI=1S/C18H19N3O4S/c1-25-17(24)12-7-3-5-9-14(12)19-15(22)10-26-18-20-13-8-4-2-6-11(13)16(23)21-18/h3,5,7,9H,2,4,6,8,10H2,1H3,(H,19,22)(H,20,21,23). The molecule has 3 rings (SSSR count). The Labute approximate surface area is 154 Å². The number of hydrogen-bond acceptors (Lipinski definition) is 6. The number of anilines is 1. The quantitative estimate of drug-likeness (QED) is 0.473. The van der Waals surface area contributed by atoms with Gasteiger partial charge >= 0.3 is 5.97 Å². The maximum atomic E-state index is 12.2. The van der Waals surface area contributed by atoms with E-state index in [1.807, 2.05) is 0 Å². The van der Waals surface area contributed by atoms with Crippen LogP contribution in [0.3, 0.4) is 0 Å². The summed E-state index contributed by atoms with van der Waals surface area (Å²) < 4.78 is 4.71. The van der Waals surface area contributed by atoms with Crippen LogP contribution in [0.25, 0.3) is 0 Å². The molecule has 0 aliphatic heterocycles. The molecule has 0 bridgehead atoms. The van der Waals surface area contributed by atoms with Crippen LogP contribution in [-0.4, -0.2) is 34.7 Å². The first-order valence-corrected chi connectivity index (χ1v) is 9.29. The normalized spacial score (nSPS) is 13.0. The molecular weight excluding hydrogens is 354 g/mol. The number of rotatable bonds is 5. The van der Waals surface area contributed by atoms with Crippen molar-refractivity contribution < 1.29 is 14.3 Å². The largest absolute Gasteiger partial charge is 0.465 e. The molecule has 2 N–H and O–H groups in total. The molecule has 0 fully saturated rings. The van der Waals surface area contributed by atoms with Gasteiger partial charge in [-0.3, -0.25) is 9.59 Å². The smallest absolute Gasteiger partial charge is 0.339 e. The van der Waals surface area contributed by atoms with Gasteiger partial charge in [0.2, 0.25) is 5.91 Å².